The Balaban J connectivity index is 2.10. The van der Waals surface area contributed by atoms with E-state index in [-0.39, 0.29) is 25.2 Å². The van der Waals surface area contributed by atoms with Crippen LogP contribution < -0.4 is 10.6 Å². The Morgan fingerprint density at radius 2 is 2.10 bits per heavy atom. The summed E-state index contributed by atoms with van der Waals surface area (Å²) in [5, 5.41) is 18.3. The number of nitrogens with zero attached hydrogens (tertiary/aromatic N) is 2. The van der Waals surface area contributed by atoms with Crippen molar-refractivity contribution >= 4 is 11.8 Å². The van der Waals surface area contributed by atoms with Gasteiger partial charge in [-0.3, -0.25) is 10.00 Å². The number of hydrogen-bond donors (Lipinski definition) is 3. The summed E-state index contributed by atoms with van der Waals surface area (Å²) in [5.41, 5.74) is 2.04. The van der Waals surface area contributed by atoms with Gasteiger partial charge < -0.3 is 10.4 Å². The van der Waals surface area contributed by atoms with E-state index in [1.54, 1.807) is 0 Å². The fourth-order valence-electron chi connectivity index (χ4n) is 2.01. The van der Waals surface area contributed by atoms with E-state index in [2.05, 4.69) is 22.7 Å². The van der Waals surface area contributed by atoms with Crippen LogP contribution in [0.2, 0.25) is 0 Å². The molecule has 112 valence electrons. The summed E-state index contributed by atoms with van der Waals surface area (Å²) < 4.78 is 1.83. The molecule has 2 rings (SSSR count). The van der Waals surface area contributed by atoms with Gasteiger partial charge in [0.1, 0.15) is 0 Å². The third-order valence-corrected chi connectivity index (χ3v) is 3.22. The van der Waals surface area contributed by atoms with Gasteiger partial charge in [0.25, 0.3) is 0 Å². The highest BCUT2D eigenvalue weighted by atomic mass is 16.3. The van der Waals surface area contributed by atoms with Gasteiger partial charge in [-0.2, -0.15) is 5.10 Å². The van der Waals surface area contributed by atoms with Gasteiger partial charge in [-0.1, -0.05) is 30.3 Å². The number of carbonyl (C=O) groups is 1. The zero-order valence-corrected chi connectivity index (χ0v) is 12.2. The highest BCUT2D eigenvalue weighted by Gasteiger charge is 2.13. The number of aliphatic hydroxyl groups is 1. The lowest BCUT2D eigenvalue weighted by Crippen LogP contribution is -2.31. The molecule has 0 fully saturated rings. The molecular formula is C15H20N4O2. The van der Waals surface area contributed by atoms with Crippen molar-refractivity contribution in [3.63, 3.8) is 0 Å². The van der Waals surface area contributed by atoms with Crippen LogP contribution in [-0.2, 0) is 0 Å². The summed E-state index contributed by atoms with van der Waals surface area (Å²) in [7, 11) is 0. The summed E-state index contributed by atoms with van der Waals surface area (Å²) in [6.45, 7) is 4.07. The maximum atomic E-state index is 11.6. The Morgan fingerprint density at radius 3 is 2.76 bits per heavy atom. The van der Waals surface area contributed by atoms with Crippen molar-refractivity contribution in [3.05, 3.63) is 47.7 Å². The Hall–Kier alpha value is -2.34. The Morgan fingerprint density at radius 1 is 1.38 bits per heavy atom. The standard InChI is InChI=1S/C15H20N4O2/c1-11-10-19(12(2)13-6-4-3-5-7-13)18-14(11)17-15(21)16-8-9-20/h3-7,10,12,20H,8-9H2,1-2H3,(H2,16,17,18,21)/t12-/m0/s1. The van der Waals surface area contributed by atoms with Crippen LogP contribution in [0.15, 0.2) is 36.5 Å². The number of aryl methyl sites for hydroxylation is 1. The molecule has 6 nitrogen and oxygen atoms in total. The van der Waals surface area contributed by atoms with Crippen LogP contribution in [0.3, 0.4) is 0 Å². The van der Waals surface area contributed by atoms with Crippen LogP contribution in [0.4, 0.5) is 10.6 Å². The molecule has 0 bridgehead atoms. The van der Waals surface area contributed by atoms with Gasteiger partial charge in [0.15, 0.2) is 5.82 Å². The largest absolute Gasteiger partial charge is 0.395 e. The molecule has 0 aliphatic carbocycles. The topological polar surface area (TPSA) is 79.2 Å². The SMILES string of the molecule is Cc1cn([C@@H](C)c2ccccc2)nc1NC(=O)NCCO. The highest BCUT2D eigenvalue weighted by molar-refractivity contribution is 5.88. The van der Waals surface area contributed by atoms with Crippen LogP contribution in [0, 0.1) is 6.92 Å². The minimum atomic E-state index is -0.371. The lowest BCUT2D eigenvalue weighted by atomic mass is 10.1. The quantitative estimate of drug-likeness (QED) is 0.786. The van der Waals surface area contributed by atoms with Gasteiger partial charge in [0.2, 0.25) is 0 Å². The molecule has 3 N–H and O–H groups in total. The van der Waals surface area contributed by atoms with E-state index < -0.39 is 0 Å². The second-order valence-corrected chi connectivity index (χ2v) is 4.83. The number of amides is 2. The molecule has 0 saturated carbocycles. The first-order valence-electron chi connectivity index (χ1n) is 6.88. The van der Waals surface area contributed by atoms with Crippen molar-refractivity contribution in [2.45, 2.75) is 19.9 Å². The number of benzene rings is 1. The number of urea groups is 1. The Labute approximate surface area is 123 Å². The van der Waals surface area contributed by atoms with Crippen molar-refractivity contribution < 1.29 is 9.90 Å². The number of nitrogens with one attached hydrogen (secondary N) is 2. The summed E-state index contributed by atoms with van der Waals surface area (Å²) >= 11 is 0. The fourth-order valence-corrected chi connectivity index (χ4v) is 2.01. The molecule has 1 aromatic heterocycles. The van der Waals surface area contributed by atoms with Crippen LogP contribution in [-0.4, -0.2) is 34.1 Å². The predicted octanol–water partition coefficient (Wildman–Crippen LogP) is 1.91. The molecule has 0 unspecified atom stereocenters. The summed E-state index contributed by atoms with van der Waals surface area (Å²) in [6.07, 6.45) is 1.90. The molecule has 0 aliphatic rings. The van der Waals surface area contributed by atoms with Gasteiger partial charge >= 0.3 is 6.03 Å². The lowest BCUT2D eigenvalue weighted by Gasteiger charge is -2.12. The van der Waals surface area contributed by atoms with E-state index >= 15 is 0 Å². The van der Waals surface area contributed by atoms with E-state index in [9.17, 15) is 4.79 Å². The maximum absolute atomic E-state index is 11.6. The molecule has 0 aliphatic heterocycles. The summed E-state index contributed by atoms with van der Waals surface area (Å²) in [4.78, 5) is 11.6. The average Bonchev–Trinajstić information content (AvgIpc) is 2.86. The molecule has 21 heavy (non-hydrogen) atoms. The smallest absolute Gasteiger partial charge is 0.320 e. The number of anilines is 1. The molecular weight excluding hydrogens is 268 g/mol. The Bertz CT molecular complexity index is 595. The molecule has 1 atom stereocenters. The second-order valence-electron chi connectivity index (χ2n) is 4.83. The third kappa shape index (κ3) is 3.82. The maximum Gasteiger partial charge on any atom is 0.320 e. The molecule has 2 aromatic rings. The molecule has 0 spiro atoms. The molecule has 1 heterocycles. The highest BCUT2D eigenvalue weighted by Crippen LogP contribution is 2.20. The van der Waals surface area contributed by atoms with Gasteiger partial charge in [0.05, 0.1) is 12.6 Å². The normalized spacial score (nSPS) is 12.0. The number of hydrogen-bond acceptors (Lipinski definition) is 3. The first-order chi connectivity index (χ1) is 10.1. The van der Waals surface area contributed by atoms with Crippen LogP contribution >= 0.6 is 0 Å². The van der Waals surface area contributed by atoms with Crippen molar-refractivity contribution in [1.82, 2.24) is 15.1 Å². The molecule has 1 aromatic carbocycles. The van der Waals surface area contributed by atoms with Crippen LogP contribution in [0.5, 0.6) is 0 Å². The van der Waals surface area contributed by atoms with Gasteiger partial charge in [-0.05, 0) is 19.4 Å². The summed E-state index contributed by atoms with van der Waals surface area (Å²) in [5.74, 6) is 0.522. The van der Waals surface area contributed by atoms with Crippen LogP contribution in [0.25, 0.3) is 0 Å². The van der Waals surface area contributed by atoms with Crippen LogP contribution in [0.1, 0.15) is 24.1 Å². The van der Waals surface area contributed by atoms with E-state index in [1.165, 1.54) is 0 Å². The third-order valence-electron chi connectivity index (χ3n) is 3.22. The fraction of sp³-hybridized carbons (Fsp3) is 0.333. The van der Waals surface area contributed by atoms with Gasteiger partial charge in [0, 0.05) is 18.3 Å². The first kappa shape index (κ1) is 15.1. The Kier molecular flexibility index (Phi) is 4.94. The lowest BCUT2D eigenvalue weighted by molar-refractivity contribution is 0.244. The van der Waals surface area contributed by atoms with E-state index in [1.807, 2.05) is 48.1 Å². The molecule has 0 radical (unpaired) electrons. The zero-order valence-electron chi connectivity index (χ0n) is 12.2. The number of aliphatic hydroxyl groups excluding tert-OH is 1. The zero-order chi connectivity index (χ0) is 15.2. The number of rotatable bonds is 5. The van der Waals surface area contributed by atoms with Gasteiger partial charge in [-0.25, -0.2) is 4.79 Å². The monoisotopic (exact) mass is 288 g/mol. The van der Waals surface area contributed by atoms with E-state index in [0.29, 0.717) is 5.82 Å². The second kappa shape index (κ2) is 6.90. The summed E-state index contributed by atoms with van der Waals surface area (Å²) in [6, 6.07) is 9.76. The van der Waals surface area contributed by atoms with Gasteiger partial charge in [-0.15, -0.1) is 0 Å². The minimum absolute atomic E-state index is 0.0842. The minimum Gasteiger partial charge on any atom is -0.395 e. The number of carbonyl (C=O) groups excluding carboxylic acids is 1. The van der Waals surface area contributed by atoms with Crippen molar-refractivity contribution in [3.8, 4) is 0 Å². The number of aromatic nitrogens is 2. The first-order valence-corrected chi connectivity index (χ1v) is 6.88. The van der Waals surface area contributed by atoms with Crippen molar-refractivity contribution in [2.75, 3.05) is 18.5 Å². The molecule has 0 saturated heterocycles. The molecule has 2 amide bonds. The predicted molar refractivity (Wildman–Crippen MR) is 81.3 cm³/mol. The van der Waals surface area contributed by atoms with E-state index in [4.69, 9.17) is 5.11 Å². The average molecular weight is 288 g/mol. The molecule has 6 heteroatoms. The van der Waals surface area contributed by atoms with E-state index in [0.717, 1.165) is 11.1 Å². The van der Waals surface area contributed by atoms with Crippen molar-refractivity contribution in [1.29, 1.82) is 0 Å². The van der Waals surface area contributed by atoms with Crippen molar-refractivity contribution in [2.24, 2.45) is 0 Å².